The van der Waals surface area contributed by atoms with E-state index < -0.39 is 5.97 Å². The fourth-order valence-corrected chi connectivity index (χ4v) is 5.14. The quantitative estimate of drug-likeness (QED) is 0.235. The molecule has 170 valence electrons. The van der Waals surface area contributed by atoms with Crippen LogP contribution in [0.1, 0.15) is 28.3 Å². The molecule has 0 saturated heterocycles. The van der Waals surface area contributed by atoms with Crippen molar-refractivity contribution in [3.8, 4) is 21.9 Å². The van der Waals surface area contributed by atoms with Crippen molar-refractivity contribution in [3.05, 3.63) is 101 Å². The molecule has 0 fully saturated rings. The second-order valence-electron chi connectivity index (χ2n) is 7.74. The van der Waals surface area contributed by atoms with Crippen molar-refractivity contribution in [3.63, 3.8) is 0 Å². The number of carbonyl (C=O) groups excluding carboxylic acids is 1. The van der Waals surface area contributed by atoms with E-state index in [1.54, 1.807) is 6.33 Å². The van der Waals surface area contributed by atoms with Gasteiger partial charge in [-0.05, 0) is 36.2 Å². The van der Waals surface area contributed by atoms with Crippen LogP contribution in [0.25, 0.3) is 27.2 Å². The highest BCUT2D eigenvalue weighted by atomic mass is 35.5. The van der Waals surface area contributed by atoms with Gasteiger partial charge < -0.3 is 9.47 Å². The topological polar surface area (TPSA) is 53.4 Å². The van der Waals surface area contributed by atoms with Gasteiger partial charge in [0.15, 0.2) is 4.88 Å². The van der Waals surface area contributed by atoms with E-state index in [2.05, 4.69) is 29.2 Å². The molecule has 5 nitrogen and oxygen atoms in total. The summed E-state index contributed by atoms with van der Waals surface area (Å²) in [6, 6.07) is 25.7. The normalized spacial score (nSPS) is 12.0. The Morgan fingerprint density at radius 1 is 1.00 bits per heavy atom. The first kappa shape index (κ1) is 22.2. The van der Waals surface area contributed by atoms with Crippen molar-refractivity contribution >= 4 is 39.9 Å². The van der Waals surface area contributed by atoms with Gasteiger partial charge in [0.25, 0.3) is 0 Å². The maximum absolute atomic E-state index is 12.5. The molecule has 0 N–H and O–H groups in total. The highest BCUT2D eigenvalue weighted by Crippen LogP contribution is 2.38. The molecule has 34 heavy (non-hydrogen) atoms. The molecule has 3 aromatic carbocycles. The summed E-state index contributed by atoms with van der Waals surface area (Å²) in [5, 5.41) is 1.41. The SMILES string of the molecule is COC(=O)c1sc(-n2cnc3cc(-c4ccccc4)ccc32)cc1OC(C)c1ccccc1Cl. The Bertz CT molecular complexity index is 1480. The van der Waals surface area contributed by atoms with E-state index in [4.69, 9.17) is 21.1 Å². The Labute approximate surface area is 206 Å². The number of benzene rings is 3. The molecule has 1 unspecified atom stereocenters. The Balaban J connectivity index is 1.52. The molecule has 5 aromatic rings. The Morgan fingerprint density at radius 3 is 2.53 bits per heavy atom. The lowest BCUT2D eigenvalue weighted by Gasteiger charge is -2.16. The van der Waals surface area contributed by atoms with Crippen molar-refractivity contribution < 1.29 is 14.3 Å². The van der Waals surface area contributed by atoms with Crippen LogP contribution >= 0.6 is 22.9 Å². The van der Waals surface area contributed by atoms with Crippen LogP contribution in [0, 0.1) is 0 Å². The predicted molar refractivity (Wildman–Crippen MR) is 136 cm³/mol. The maximum Gasteiger partial charge on any atom is 0.351 e. The molecule has 0 saturated carbocycles. The van der Waals surface area contributed by atoms with Gasteiger partial charge in [-0.1, -0.05) is 66.2 Å². The molecule has 1 atom stereocenters. The van der Waals surface area contributed by atoms with Crippen LogP contribution in [-0.4, -0.2) is 22.6 Å². The lowest BCUT2D eigenvalue weighted by molar-refractivity contribution is 0.0600. The van der Waals surface area contributed by atoms with Crippen molar-refractivity contribution in [1.29, 1.82) is 0 Å². The van der Waals surface area contributed by atoms with E-state index in [-0.39, 0.29) is 6.10 Å². The summed E-state index contributed by atoms with van der Waals surface area (Å²) in [6.45, 7) is 1.90. The largest absolute Gasteiger partial charge is 0.484 e. The standard InChI is InChI=1S/C27H21ClN2O3S/c1-17(20-10-6-7-11-21(20)28)33-24-15-25(34-26(24)27(31)32-2)30-16-29-22-14-19(12-13-23(22)30)18-8-4-3-5-9-18/h3-17H,1-2H3. The third-order valence-electron chi connectivity index (χ3n) is 5.59. The molecule has 0 amide bonds. The molecule has 0 bridgehead atoms. The van der Waals surface area contributed by atoms with Gasteiger partial charge in [-0.3, -0.25) is 4.57 Å². The molecule has 0 aliphatic heterocycles. The fraction of sp³-hybridized carbons (Fsp3) is 0.111. The number of fused-ring (bicyclic) bond motifs is 1. The first-order chi connectivity index (χ1) is 16.5. The first-order valence-corrected chi connectivity index (χ1v) is 11.9. The second-order valence-corrected chi connectivity index (χ2v) is 9.17. The third-order valence-corrected chi connectivity index (χ3v) is 7.03. The molecule has 0 radical (unpaired) electrons. The summed E-state index contributed by atoms with van der Waals surface area (Å²) < 4.78 is 13.2. The minimum Gasteiger partial charge on any atom is -0.484 e. The summed E-state index contributed by atoms with van der Waals surface area (Å²) in [5.41, 5.74) is 4.86. The Morgan fingerprint density at radius 2 is 1.76 bits per heavy atom. The number of hydrogen-bond acceptors (Lipinski definition) is 5. The Hall–Kier alpha value is -3.61. The van der Waals surface area contributed by atoms with Crippen LogP contribution in [0.3, 0.4) is 0 Å². The summed E-state index contributed by atoms with van der Waals surface area (Å²) >= 11 is 7.64. The molecule has 0 aliphatic rings. The van der Waals surface area contributed by atoms with E-state index in [0.29, 0.717) is 15.6 Å². The molecular formula is C27H21ClN2O3S. The van der Waals surface area contributed by atoms with E-state index in [1.807, 2.05) is 66.1 Å². The van der Waals surface area contributed by atoms with Gasteiger partial charge in [-0.25, -0.2) is 9.78 Å². The number of methoxy groups -OCH3 is 1. The summed E-state index contributed by atoms with van der Waals surface area (Å²) in [6.07, 6.45) is 1.40. The van der Waals surface area contributed by atoms with Crippen molar-refractivity contribution in [2.45, 2.75) is 13.0 Å². The van der Waals surface area contributed by atoms with Crippen LogP contribution in [0.15, 0.2) is 85.2 Å². The smallest absolute Gasteiger partial charge is 0.351 e. The van der Waals surface area contributed by atoms with Crippen LogP contribution < -0.4 is 4.74 Å². The molecule has 5 rings (SSSR count). The van der Waals surface area contributed by atoms with Crippen molar-refractivity contribution in [2.24, 2.45) is 0 Å². The number of hydrogen-bond donors (Lipinski definition) is 0. The zero-order valence-electron chi connectivity index (χ0n) is 18.6. The van der Waals surface area contributed by atoms with E-state index in [0.717, 1.165) is 32.7 Å². The zero-order valence-corrected chi connectivity index (χ0v) is 20.1. The van der Waals surface area contributed by atoms with Gasteiger partial charge in [0.1, 0.15) is 23.2 Å². The monoisotopic (exact) mass is 488 g/mol. The number of nitrogens with zero attached hydrogens (tertiary/aromatic N) is 2. The zero-order chi connectivity index (χ0) is 23.7. The fourth-order valence-electron chi connectivity index (χ4n) is 3.86. The minimum atomic E-state index is -0.451. The van der Waals surface area contributed by atoms with Crippen LogP contribution in [-0.2, 0) is 4.74 Å². The molecule has 0 spiro atoms. The van der Waals surface area contributed by atoms with Crippen molar-refractivity contribution in [2.75, 3.05) is 7.11 Å². The van der Waals surface area contributed by atoms with Gasteiger partial charge in [0.05, 0.1) is 18.1 Å². The lowest BCUT2D eigenvalue weighted by atomic mass is 10.1. The van der Waals surface area contributed by atoms with Gasteiger partial charge in [0.2, 0.25) is 0 Å². The minimum absolute atomic E-state index is 0.354. The summed E-state index contributed by atoms with van der Waals surface area (Å²) in [7, 11) is 1.36. The number of thiophene rings is 1. The van der Waals surface area contributed by atoms with Gasteiger partial charge in [-0.15, -0.1) is 11.3 Å². The molecule has 2 aromatic heterocycles. The highest BCUT2D eigenvalue weighted by Gasteiger charge is 2.23. The number of imidazole rings is 1. The molecule has 7 heteroatoms. The Kier molecular flexibility index (Phi) is 6.09. The lowest BCUT2D eigenvalue weighted by Crippen LogP contribution is -2.07. The highest BCUT2D eigenvalue weighted by molar-refractivity contribution is 7.16. The first-order valence-electron chi connectivity index (χ1n) is 10.7. The maximum atomic E-state index is 12.5. The molecule has 0 aliphatic carbocycles. The van der Waals surface area contributed by atoms with Crippen molar-refractivity contribution in [1.82, 2.24) is 9.55 Å². The number of rotatable bonds is 6. The number of ether oxygens (including phenoxy) is 2. The number of aromatic nitrogens is 2. The van der Waals surface area contributed by atoms with Crippen LogP contribution in [0.2, 0.25) is 5.02 Å². The average molecular weight is 489 g/mol. The molecule has 2 heterocycles. The summed E-state index contributed by atoms with van der Waals surface area (Å²) in [5.74, 6) is -0.00424. The van der Waals surface area contributed by atoms with Crippen LogP contribution in [0.4, 0.5) is 0 Å². The number of esters is 1. The van der Waals surface area contributed by atoms with E-state index >= 15 is 0 Å². The van der Waals surface area contributed by atoms with E-state index in [1.165, 1.54) is 18.4 Å². The third kappa shape index (κ3) is 4.18. The average Bonchev–Trinajstić information content (AvgIpc) is 3.48. The van der Waals surface area contributed by atoms with Crippen LogP contribution in [0.5, 0.6) is 5.75 Å². The number of halogens is 1. The van der Waals surface area contributed by atoms with E-state index in [9.17, 15) is 4.79 Å². The summed E-state index contributed by atoms with van der Waals surface area (Å²) in [4.78, 5) is 17.5. The van der Waals surface area contributed by atoms with Gasteiger partial charge in [0, 0.05) is 16.7 Å². The van der Waals surface area contributed by atoms with Gasteiger partial charge >= 0.3 is 5.97 Å². The second kappa shape index (κ2) is 9.33. The predicted octanol–water partition coefficient (Wildman–Crippen LogP) is 7.33. The molecular weight excluding hydrogens is 468 g/mol. The number of carbonyl (C=O) groups is 1. The van der Waals surface area contributed by atoms with Gasteiger partial charge in [-0.2, -0.15) is 0 Å².